The van der Waals surface area contributed by atoms with Crippen LogP contribution in [0.1, 0.15) is 71.5 Å². The van der Waals surface area contributed by atoms with Gasteiger partial charge in [0.1, 0.15) is 17.6 Å². The monoisotopic (exact) mass is 579 g/mol. The number of likely N-dealkylation sites (tertiary alicyclic amines) is 1. The molecule has 0 aromatic heterocycles. The summed E-state index contributed by atoms with van der Waals surface area (Å²) in [4.78, 5) is 14.8. The van der Waals surface area contributed by atoms with Crippen molar-refractivity contribution in [2.45, 2.75) is 56.2 Å². The summed E-state index contributed by atoms with van der Waals surface area (Å²) < 4.78 is 47.3. The highest BCUT2D eigenvalue weighted by Crippen LogP contribution is 2.45. The van der Waals surface area contributed by atoms with Crippen LogP contribution < -0.4 is 9.46 Å². The van der Waals surface area contributed by atoms with E-state index in [-0.39, 0.29) is 17.4 Å². The summed E-state index contributed by atoms with van der Waals surface area (Å²) in [6, 6.07) is 8.17. The number of benzene rings is 2. The molecule has 1 aliphatic heterocycles. The fourth-order valence-corrected chi connectivity index (χ4v) is 6.74. The number of sulfonamides is 1. The molecule has 202 valence electrons. The highest BCUT2D eigenvalue weighted by atomic mass is 35.5. The molecule has 3 fully saturated rings. The van der Waals surface area contributed by atoms with Gasteiger partial charge in [-0.1, -0.05) is 23.2 Å². The smallest absolute Gasteiger partial charge is 0.267 e. The van der Waals surface area contributed by atoms with E-state index in [4.69, 9.17) is 27.9 Å². The Balaban J connectivity index is 1.20. The van der Waals surface area contributed by atoms with E-state index in [0.29, 0.717) is 47.4 Å². The Hall–Kier alpha value is -2.38. The number of nitrogens with one attached hydrogen (secondary N) is 1. The van der Waals surface area contributed by atoms with Gasteiger partial charge in [0.15, 0.2) is 0 Å². The molecule has 2 saturated carbocycles. The first-order valence-electron chi connectivity index (χ1n) is 12.8. The maximum Gasteiger partial charge on any atom is 0.267 e. The summed E-state index contributed by atoms with van der Waals surface area (Å²) in [5.74, 6) is -0.863. The van der Waals surface area contributed by atoms with Crippen molar-refractivity contribution < 1.29 is 22.3 Å². The van der Waals surface area contributed by atoms with Gasteiger partial charge in [-0.25, -0.2) is 17.5 Å². The second-order valence-electron chi connectivity index (χ2n) is 10.4. The molecule has 2 aromatic rings. The predicted molar refractivity (Wildman–Crippen MR) is 142 cm³/mol. The Morgan fingerprint density at radius 2 is 1.82 bits per heavy atom. The third-order valence-electron chi connectivity index (χ3n) is 7.38. The summed E-state index contributed by atoms with van der Waals surface area (Å²) in [5, 5.41) is 9.74. The Morgan fingerprint density at radius 3 is 2.45 bits per heavy atom. The number of nitriles is 1. The van der Waals surface area contributed by atoms with E-state index in [9.17, 15) is 22.9 Å². The highest BCUT2D eigenvalue weighted by Gasteiger charge is 2.38. The molecule has 1 N–H and O–H groups in total. The van der Waals surface area contributed by atoms with Crippen LogP contribution in [0, 0.1) is 23.1 Å². The van der Waals surface area contributed by atoms with Gasteiger partial charge in [-0.05, 0) is 92.8 Å². The Kier molecular flexibility index (Phi) is 7.88. The lowest BCUT2D eigenvalue weighted by molar-refractivity contribution is 0.0977. The Bertz CT molecular complexity index is 1400. The molecular weight excluding hydrogens is 552 g/mol. The van der Waals surface area contributed by atoms with Crippen molar-refractivity contribution in [3.63, 3.8) is 0 Å². The van der Waals surface area contributed by atoms with E-state index in [1.54, 1.807) is 12.1 Å². The molecule has 5 rings (SSSR count). The van der Waals surface area contributed by atoms with Gasteiger partial charge in [-0.3, -0.25) is 9.69 Å². The number of carbonyl (C=O) groups is 1. The summed E-state index contributed by atoms with van der Waals surface area (Å²) >= 11 is 12.3. The average molecular weight is 581 g/mol. The number of piperidine rings is 1. The van der Waals surface area contributed by atoms with E-state index >= 15 is 0 Å². The van der Waals surface area contributed by atoms with Gasteiger partial charge in [-0.2, -0.15) is 5.26 Å². The number of carbonyl (C=O) groups excluding carboxylic acids is 1. The number of halogens is 3. The van der Waals surface area contributed by atoms with Crippen LogP contribution in [0.4, 0.5) is 4.39 Å². The molecule has 0 unspecified atom stereocenters. The predicted octanol–water partition coefficient (Wildman–Crippen LogP) is 5.39. The number of amides is 1. The minimum absolute atomic E-state index is 0.179. The topological polar surface area (TPSA) is 99.5 Å². The molecular formula is C27H28Cl2FN3O4S. The second-order valence-corrected chi connectivity index (χ2v) is 13.2. The minimum atomic E-state index is -3.77. The van der Waals surface area contributed by atoms with Gasteiger partial charge in [0, 0.05) is 17.6 Å². The van der Waals surface area contributed by atoms with Crippen molar-refractivity contribution in [2.24, 2.45) is 5.92 Å². The van der Waals surface area contributed by atoms with E-state index in [0.717, 1.165) is 49.9 Å². The SMILES string of the molecule is N#Cc1c(Cl)cc(Cl)cc1CN1CCC(COc2cc(F)c(C(=O)NS(=O)(=O)C3CC3)cc2C2CC2)CC1. The summed E-state index contributed by atoms with van der Waals surface area (Å²) in [7, 11) is -3.77. The normalized spacial score (nSPS) is 18.7. The number of nitrogens with zero attached hydrogens (tertiary/aromatic N) is 2. The second kappa shape index (κ2) is 11.0. The van der Waals surface area contributed by atoms with Gasteiger partial charge in [0.25, 0.3) is 5.91 Å². The third kappa shape index (κ3) is 6.26. The zero-order chi connectivity index (χ0) is 27.0. The van der Waals surface area contributed by atoms with E-state index in [1.807, 2.05) is 4.72 Å². The van der Waals surface area contributed by atoms with Crippen molar-refractivity contribution in [1.29, 1.82) is 5.26 Å². The largest absolute Gasteiger partial charge is 0.493 e. The molecule has 3 aliphatic rings. The molecule has 38 heavy (non-hydrogen) atoms. The minimum Gasteiger partial charge on any atom is -0.493 e. The molecule has 1 saturated heterocycles. The van der Waals surface area contributed by atoms with Crippen molar-refractivity contribution >= 4 is 39.1 Å². The molecule has 2 aliphatic carbocycles. The van der Waals surface area contributed by atoms with Crippen molar-refractivity contribution in [3.8, 4) is 11.8 Å². The fraction of sp³-hybridized carbons (Fsp3) is 0.481. The van der Waals surface area contributed by atoms with Gasteiger partial charge in [0.2, 0.25) is 10.0 Å². The fourth-order valence-electron chi connectivity index (χ4n) is 4.87. The van der Waals surface area contributed by atoms with E-state index in [2.05, 4.69) is 11.0 Å². The van der Waals surface area contributed by atoms with Crippen molar-refractivity contribution in [3.05, 3.63) is 62.4 Å². The molecule has 0 bridgehead atoms. The molecule has 0 spiro atoms. The molecule has 2 aromatic carbocycles. The molecule has 0 radical (unpaired) electrons. The van der Waals surface area contributed by atoms with Gasteiger partial charge in [-0.15, -0.1) is 0 Å². The number of ether oxygens (including phenoxy) is 1. The lowest BCUT2D eigenvalue weighted by atomic mass is 9.96. The average Bonchev–Trinajstić information content (AvgIpc) is 3.75. The summed E-state index contributed by atoms with van der Waals surface area (Å²) in [5.41, 5.74) is 1.73. The first-order valence-corrected chi connectivity index (χ1v) is 15.1. The van der Waals surface area contributed by atoms with Crippen molar-refractivity contribution in [2.75, 3.05) is 19.7 Å². The van der Waals surface area contributed by atoms with E-state index < -0.39 is 27.0 Å². The Labute approximate surface area is 231 Å². The maximum atomic E-state index is 14.9. The lowest BCUT2D eigenvalue weighted by Gasteiger charge is -2.32. The number of rotatable bonds is 9. The van der Waals surface area contributed by atoms with Crippen LogP contribution in [0.5, 0.6) is 5.75 Å². The molecule has 7 nitrogen and oxygen atoms in total. The van der Waals surface area contributed by atoms with Crippen LogP contribution in [0.2, 0.25) is 10.0 Å². The number of hydrogen-bond acceptors (Lipinski definition) is 6. The zero-order valence-corrected chi connectivity index (χ0v) is 23.0. The van der Waals surface area contributed by atoms with Crippen LogP contribution in [-0.4, -0.2) is 44.2 Å². The maximum absolute atomic E-state index is 14.9. The lowest BCUT2D eigenvalue weighted by Crippen LogP contribution is -2.35. The molecule has 0 atom stereocenters. The van der Waals surface area contributed by atoms with Crippen LogP contribution in [0.3, 0.4) is 0 Å². The quantitative estimate of drug-likeness (QED) is 0.427. The van der Waals surface area contributed by atoms with Crippen LogP contribution >= 0.6 is 23.2 Å². The van der Waals surface area contributed by atoms with Crippen LogP contribution in [-0.2, 0) is 16.6 Å². The summed E-state index contributed by atoms with van der Waals surface area (Å²) in [6.07, 6.45) is 4.61. The third-order valence-corrected chi connectivity index (χ3v) is 9.72. The molecule has 1 amide bonds. The first-order chi connectivity index (χ1) is 18.1. The van der Waals surface area contributed by atoms with Crippen LogP contribution in [0.25, 0.3) is 0 Å². The first kappa shape index (κ1) is 27.2. The standard InChI is InChI=1S/C27H28Cl2FN3O4S/c28-19-9-18(23(13-31)24(29)10-19)14-33-7-5-16(6-8-33)15-37-26-12-25(30)22(11-21(26)17-1-2-17)27(34)32-38(35,36)20-3-4-20/h9-12,16-17,20H,1-8,14-15H2,(H,32,34). The van der Waals surface area contributed by atoms with Crippen LogP contribution in [0.15, 0.2) is 24.3 Å². The zero-order valence-electron chi connectivity index (χ0n) is 20.7. The summed E-state index contributed by atoms with van der Waals surface area (Å²) in [6.45, 7) is 2.61. The van der Waals surface area contributed by atoms with Gasteiger partial charge < -0.3 is 4.74 Å². The van der Waals surface area contributed by atoms with E-state index in [1.165, 1.54) is 12.1 Å². The van der Waals surface area contributed by atoms with Gasteiger partial charge in [0.05, 0.1) is 28.0 Å². The highest BCUT2D eigenvalue weighted by molar-refractivity contribution is 7.91. The van der Waals surface area contributed by atoms with Gasteiger partial charge >= 0.3 is 0 Å². The molecule has 11 heteroatoms. The molecule has 1 heterocycles. The van der Waals surface area contributed by atoms with Crippen molar-refractivity contribution in [1.82, 2.24) is 9.62 Å². The number of hydrogen-bond donors (Lipinski definition) is 1. The Morgan fingerprint density at radius 1 is 1.11 bits per heavy atom.